The minimum Gasteiger partial charge on any atom is -0.310 e. The molecule has 2 heterocycles. The molecule has 0 aliphatic carbocycles. The van der Waals surface area contributed by atoms with Gasteiger partial charge in [-0.15, -0.1) is 0 Å². The number of hydrogen-bond acceptors (Lipinski definition) is 3. The first-order chi connectivity index (χ1) is 19.1. The van der Waals surface area contributed by atoms with Gasteiger partial charge in [-0.05, 0) is 75.9 Å². The van der Waals surface area contributed by atoms with Gasteiger partial charge in [-0.1, -0.05) is 96.1 Å². The minimum atomic E-state index is -2.44. The molecule has 2 aromatic heterocycles. The molecule has 3 aromatic carbocycles. The van der Waals surface area contributed by atoms with Gasteiger partial charge in [-0.25, -0.2) is 0 Å². The smallest absolute Gasteiger partial charge is 0.151 e. The number of rotatable bonds is 6. The summed E-state index contributed by atoms with van der Waals surface area (Å²) < 4.78 is 0. The lowest BCUT2D eigenvalue weighted by molar-refractivity contribution is 0.635. The van der Waals surface area contributed by atoms with E-state index >= 15 is 0 Å². The lowest BCUT2D eigenvalue weighted by Crippen LogP contribution is -2.70. The van der Waals surface area contributed by atoms with Gasteiger partial charge >= 0.3 is 0 Å². The molecule has 0 bridgehead atoms. The van der Waals surface area contributed by atoms with Crippen molar-refractivity contribution >= 4 is 35.6 Å². The minimum absolute atomic E-state index is 0.0225. The van der Waals surface area contributed by atoms with Gasteiger partial charge in [-0.2, -0.15) is 0 Å². The molecule has 5 rings (SSSR count). The fraction of sp³-hybridized carbons (Fsp3) is 0.222. The van der Waals surface area contributed by atoms with Crippen molar-refractivity contribution in [3.05, 3.63) is 128 Å². The van der Waals surface area contributed by atoms with Crippen LogP contribution < -0.4 is 15.4 Å². The maximum absolute atomic E-state index is 5.04. The third-order valence-electron chi connectivity index (χ3n) is 7.92. The monoisotopic (exact) mass is 541 g/mol. The van der Waals surface area contributed by atoms with Crippen molar-refractivity contribution < 1.29 is 0 Å². The zero-order valence-electron chi connectivity index (χ0n) is 24.5. The predicted octanol–water partition coefficient (Wildman–Crippen LogP) is 8.78. The van der Waals surface area contributed by atoms with Crippen molar-refractivity contribution in [2.75, 3.05) is 4.90 Å². The lowest BCUT2D eigenvalue weighted by atomic mass is 10.1. The normalized spacial score (nSPS) is 12.2. The Hall–Kier alpha value is -4.02. The van der Waals surface area contributed by atoms with Crippen molar-refractivity contribution in [2.24, 2.45) is 0 Å². The van der Waals surface area contributed by atoms with Crippen molar-refractivity contribution in [3.63, 3.8) is 0 Å². The van der Waals surface area contributed by atoms with Crippen LogP contribution in [0.15, 0.2) is 128 Å². The molecule has 3 nitrogen and oxygen atoms in total. The first-order valence-corrected chi connectivity index (χ1v) is 16.0. The average Bonchev–Trinajstić information content (AvgIpc) is 2.94. The molecule has 5 aromatic rings. The van der Waals surface area contributed by atoms with E-state index in [1.807, 2.05) is 30.6 Å². The molecule has 202 valence electrons. The molecule has 0 amide bonds. The lowest BCUT2D eigenvalue weighted by Gasteiger charge is -2.52. The number of pyridine rings is 2. The predicted molar refractivity (Wildman–Crippen MR) is 173 cm³/mol. The summed E-state index contributed by atoms with van der Waals surface area (Å²) >= 11 is 0. The highest BCUT2D eigenvalue weighted by atomic mass is 28.3. The average molecular weight is 542 g/mol. The molecule has 0 spiro atoms. The van der Waals surface area contributed by atoms with Gasteiger partial charge in [0.15, 0.2) is 8.07 Å². The first kappa shape index (κ1) is 27.5. The quantitative estimate of drug-likeness (QED) is 0.201. The zero-order valence-corrected chi connectivity index (χ0v) is 25.5. The summed E-state index contributed by atoms with van der Waals surface area (Å²) in [5.74, 6) is 0. The Balaban J connectivity index is 1.74. The van der Waals surface area contributed by atoms with Crippen LogP contribution in [0.1, 0.15) is 41.5 Å². The second-order valence-electron chi connectivity index (χ2n) is 12.5. The molecule has 0 N–H and O–H groups in total. The SMILES string of the molecule is CC(C)(C)[Si](c1cccc(N(c2ccccc2)c2cccc(-c3ccccn3)c2)c1)(c1ccccn1)C(C)(C)C. The van der Waals surface area contributed by atoms with E-state index in [4.69, 9.17) is 4.98 Å². The summed E-state index contributed by atoms with van der Waals surface area (Å²) in [5, 5.41) is 2.67. The summed E-state index contributed by atoms with van der Waals surface area (Å²) in [5.41, 5.74) is 5.42. The second kappa shape index (κ2) is 10.9. The van der Waals surface area contributed by atoms with Crippen molar-refractivity contribution in [1.82, 2.24) is 9.97 Å². The molecule has 0 radical (unpaired) electrons. The van der Waals surface area contributed by atoms with Crippen LogP contribution in [0.25, 0.3) is 11.3 Å². The number of benzene rings is 3. The Kier molecular flexibility index (Phi) is 7.48. The van der Waals surface area contributed by atoms with Crippen LogP contribution in [0.4, 0.5) is 17.1 Å². The second-order valence-corrected chi connectivity index (χ2v) is 18.0. The fourth-order valence-electron chi connectivity index (χ4n) is 6.73. The van der Waals surface area contributed by atoms with Crippen LogP contribution >= 0.6 is 0 Å². The first-order valence-electron chi connectivity index (χ1n) is 14.0. The van der Waals surface area contributed by atoms with E-state index in [2.05, 4.69) is 148 Å². The Labute approximate surface area is 240 Å². The molecular weight excluding hydrogens is 503 g/mol. The van der Waals surface area contributed by atoms with Gasteiger partial charge in [0.1, 0.15) is 0 Å². The van der Waals surface area contributed by atoms with Crippen LogP contribution in [0.5, 0.6) is 0 Å². The molecule has 0 atom stereocenters. The summed E-state index contributed by atoms with van der Waals surface area (Å²) in [6, 6.07) is 41.0. The van der Waals surface area contributed by atoms with Gasteiger partial charge in [0.2, 0.25) is 0 Å². The van der Waals surface area contributed by atoms with E-state index in [9.17, 15) is 0 Å². The molecular formula is C36H39N3Si. The van der Waals surface area contributed by atoms with Gasteiger partial charge < -0.3 is 4.90 Å². The maximum Gasteiger partial charge on any atom is 0.151 e. The number of para-hydroxylation sites is 1. The molecule has 0 fully saturated rings. The van der Waals surface area contributed by atoms with Crippen LogP contribution in [0.2, 0.25) is 10.1 Å². The number of nitrogens with zero attached hydrogens (tertiary/aromatic N) is 3. The molecule has 0 saturated carbocycles. The Morgan fingerprint density at radius 3 is 1.70 bits per heavy atom. The Bertz CT molecular complexity index is 1540. The molecule has 0 unspecified atom stereocenters. The highest BCUT2D eigenvalue weighted by Gasteiger charge is 2.56. The van der Waals surface area contributed by atoms with Crippen molar-refractivity contribution in [3.8, 4) is 11.3 Å². The Morgan fingerprint density at radius 1 is 0.525 bits per heavy atom. The molecule has 0 aliphatic heterocycles. The number of aromatic nitrogens is 2. The van der Waals surface area contributed by atoms with Gasteiger partial charge in [0.25, 0.3) is 0 Å². The summed E-state index contributed by atoms with van der Waals surface area (Å²) in [6.45, 7) is 14.4. The van der Waals surface area contributed by atoms with E-state index in [0.29, 0.717) is 0 Å². The van der Waals surface area contributed by atoms with Gasteiger partial charge in [0, 0.05) is 40.3 Å². The maximum atomic E-state index is 5.04. The Morgan fingerprint density at radius 2 is 1.10 bits per heavy atom. The number of anilines is 3. The molecule has 40 heavy (non-hydrogen) atoms. The fourth-order valence-corrected chi connectivity index (χ4v) is 13.9. The van der Waals surface area contributed by atoms with Crippen LogP contribution in [-0.2, 0) is 0 Å². The summed E-state index contributed by atoms with van der Waals surface area (Å²) in [7, 11) is -2.44. The number of hydrogen-bond donors (Lipinski definition) is 0. The summed E-state index contributed by atoms with van der Waals surface area (Å²) in [4.78, 5) is 12.0. The van der Waals surface area contributed by atoms with Crippen LogP contribution in [-0.4, -0.2) is 18.0 Å². The topological polar surface area (TPSA) is 29.0 Å². The molecule has 0 saturated heterocycles. The zero-order chi connectivity index (χ0) is 28.4. The highest BCUT2D eigenvalue weighted by Crippen LogP contribution is 2.50. The van der Waals surface area contributed by atoms with E-state index < -0.39 is 8.07 Å². The standard InChI is InChI=1S/C36H39N3Si/c1-35(2,3)40(36(4,5)6,34-23-11-13-25-38-34)32-21-15-20-31(27-32)39(29-17-8-7-9-18-29)30-19-14-16-28(26-30)33-22-10-12-24-37-33/h7-27H,1-6H3. The van der Waals surface area contributed by atoms with Crippen LogP contribution in [0.3, 0.4) is 0 Å². The third kappa shape index (κ3) is 5.00. The van der Waals surface area contributed by atoms with Crippen molar-refractivity contribution in [2.45, 2.75) is 51.6 Å². The van der Waals surface area contributed by atoms with Crippen LogP contribution in [0, 0.1) is 0 Å². The van der Waals surface area contributed by atoms with Gasteiger partial charge in [0.05, 0.1) is 5.69 Å². The van der Waals surface area contributed by atoms with E-state index in [1.165, 1.54) is 10.5 Å². The third-order valence-corrected chi connectivity index (χ3v) is 14.7. The highest BCUT2D eigenvalue weighted by molar-refractivity contribution is 7.05. The van der Waals surface area contributed by atoms with E-state index in [-0.39, 0.29) is 10.1 Å². The van der Waals surface area contributed by atoms with Crippen molar-refractivity contribution in [1.29, 1.82) is 0 Å². The van der Waals surface area contributed by atoms with E-state index in [1.54, 1.807) is 0 Å². The van der Waals surface area contributed by atoms with E-state index in [0.717, 1.165) is 28.3 Å². The van der Waals surface area contributed by atoms with Gasteiger partial charge in [-0.3, -0.25) is 9.97 Å². The molecule has 0 aliphatic rings. The molecule has 4 heteroatoms. The largest absolute Gasteiger partial charge is 0.310 e. The summed E-state index contributed by atoms with van der Waals surface area (Å²) in [6.07, 6.45) is 3.80.